The maximum absolute atomic E-state index is 5.79. The van der Waals surface area contributed by atoms with Crippen LogP contribution in [0, 0.1) is 6.92 Å². The second-order valence-electron chi connectivity index (χ2n) is 7.61. The summed E-state index contributed by atoms with van der Waals surface area (Å²) in [5.41, 5.74) is 5.23. The number of piperidine rings is 1. The molecular formula is C24H28N6O2. The molecule has 4 rings (SSSR count). The lowest BCUT2D eigenvalue weighted by Gasteiger charge is -2.28. The highest BCUT2D eigenvalue weighted by Gasteiger charge is 2.15. The molecule has 1 aliphatic rings. The fourth-order valence-electron chi connectivity index (χ4n) is 3.47. The van der Waals surface area contributed by atoms with Crippen molar-refractivity contribution in [2.24, 2.45) is 5.10 Å². The van der Waals surface area contributed by atoms with Crippen molar-refractivity contribution in [2.75, 3.05) is 36.6 Å². The number of hydrogen-bond acceptors (Lipinski definition) is 8. The smallest absolute Gasteiger partial charge is 0.320 e. The average molecular weight is 433 g/mol. The van der Waals surface area contributed by atoms with Crippen molar-refractivity contribution in [3.05, 3.63) is 66.0 Å². The lowest BCUT2D eigenvalue weighted by atomic mass is 10.1. The van der Waals surface area contributed by atoms with Gasteiger partial charge < -0.3 is 14.4 Å². The molecule has 0 spiro atoms. The van der Waals surface area contributed by atoms with Gasteiger partial charge in [0.1, 0.15) is 24.8 Å². The molecule has 2 aromatic heterocycles. The van der Waals surface area contributed by atoms with E-state index < -0.39 is 0 Å². The van der Waals surface area contributed by atoms with E-state index >= 15 is 0 Å². The van der Waals surface area contributed by atoms with E-state index in [-0.39, 0.29) is 0 Å². The summed E-state index contributed by atoms with van der Waals surface area (Å²) in [5, 5.41) is 4.35. The minimum absolute atomic E-state index is 0.302. The fourth-order valence-corrected chi connectivity index (χ4v) is 3.47. The maximum Gasteiger partial charge on any atom is 0.320 e. The van der Waals surface area contributed by atoms with Crippen molar-refractivity contribution in [3.63, 3.8) is 0 Å². The van der Waals surface area contributed by atoms with E-state index in [0.717, 1.165) is 37.3 Å². The van der Waals surface area contributed by atoms with E-state index in [2.05, 4.69) is 49.4 Å². The number of benzene rings is 1. The first-order valence-electron chi connectivity index (χ1n) is 10.9. The Labute approximate surface area is 188 Å². The Morgan fingerprint density at radius 2 is 1.91 bits per heavy atom. The van der Waals surface area contributed by atoms with Crippen molar-refractivity contribution >= 4 is 17.9 Å². The van der Waals surface area contributed by atoms with E-state index in [0.29, 0.717) is 30.8 Å². The second-order valence-corrected chi connectivity index (χ2v) is 7.61. The van der Waals surface area contributed by atoms with Gasteiger partial charge in [-0.05, 0) is 43.9 Å². The predicted octanol–water partition coefficient (Wildman–Crippen LogP) is 4.07. The van der Waals surface area contributed by atoms with Crippen LogP contribution in [0.1, 0.15) is 30.4 Å². The number of nitrogens with zero attached hydrogens (tertiary/aromatic N) is 5. The van der Waals surface area contributed by atoms with Crippen LogP contribution in [0.15, 0.2) is 60.0 Å². The lowest BCUT2D eigenvalue weighted by molar-refractivity contribution is 0.206. The molecule has 3 aromatic rings. The summed E-state index contributed by atoms with van der Waals surface area (Å²) in [7, 11) is 0. The zero-order valence-electron chi connectivity index (χ0n) is 18.3. The van der Waals surface area contributed by atoms with Crippen LogP contribution < -0.4 is 19.8 Å². The Balaban J connectivity index is 1.42. The first-order valence-corrected chi connectivity index (χ1v) is 10.9. The molecule has 0 unspecified atom stereocenters. The Hall–Kier alpha value is -3.68. The SMILES string of the molecule is Cc1cccc(/C=N/Nc2cc(N3CCCCC3)nc(OCCOc3cccnc3)n2)c1. The molecule has 166 valence electrons. The minimum Gasteiger partial charge on any atom is -0.488 e. The first-order chi connectivity index (χ1) is 15.8. The number of hydrogen-bond donors (Lipinski definition) is 1. The molecule has 1 N–H and O–H groups in total. The van der Waals surface area contributed by atoms with Crippen LogP contribution in [0.5, 0.6) is 11.8 Å². The molecule has 1 saturated heterocycles. The molecule has 0 bridgehead atoms. The molecule has 0 saturated carbocycles. The van der Waals surface area contributed by atoms with Gasteiger partial charge in [0.2, 0.25) is 0 Å². The quantitative estimate of drug-likeness (QED) is 0.310. The van der Waals surface area contributed by atoms with Crippen molar-refractivity contribution in [1.29, 1.82) is 0 Å². The highest BCUT2D eigenvalue weighted by Crippen LogP contribution is 2.23. The van der Waals surface area contributed by atoms with Crippen molar-refractivity contribution in [1.82, 2.24) is 15.0 Å². The summed E-state index contributed by atoms with van der Waals surface area (Å²) in [4.78, 5) is 15.4. The van der Waals surface area contributed by atoms with Gasteiger partial charge in [-0.15, -0.1) is 0 Å². The van der Waals surface area contributed by atoms with Crippen molar-refractivity contribution < 1.29 is 9.47 Å². The number of anilines is 2. The summed E-state index contributed by atoms with van der Waals surface area (Å²) in [6.45, 7) is 4.71. The van der Waals surface area contributed by atoms with Crippen LogP contribution in [-0.2, 0) is 0 Å². The third-order valence-corrected chi connectivity index (χ3v) is 5.02. The standard InChI is InChI=1S/C24H28N6O2/c1-19-7-5-8-20(15-19)17-26-29-22-16-23(30-11-3-2-4-12-30)28-24(27-22)32-14-13-31-21-9-6-10-25-18-21/h5-10,15-18H,2-4,11-14H2,1H3,(H,27,28,29)/b26-17+. The number of pyridine rings is 1. The van der Waals surface area contributed by atoms with Gasteiger partial charge in [0.25, 0.3) is 0 Å². The highest BCUT2D eigenvalue weighted by atomic mass is 16.5. The summed E-state index contributed by atoms with van der Waals surface area (Å²) in [5.74, 6) is 2.13. The van der Waals surface area contributed by atoms with Gasteiger partial charge in [-0.1, -0.05) is 29.8 Å². The maximum atomic E-state index is 5.79. The lowest BCUT2D eigenvalue weighted by Crippen LogP contribution is -2.30. The fraction of sp³-hybridized carbons (Fsp3) is 0.333. The molecule has 0 aliphatic carbocycles. The van der Waals surface area contributed by atoms with E-state index in [9.17, 15) is 0 Å². The molecule has 0 radical (unpaired) electrons. The summed E-state index contributed by atoms with van der Waals surface area (Å²) in [6.07, 6.45) is 8.72. The molecular weight excluding hydrogens is 404 g/mol. The number of rotatable bonds is 9. The van der Waals surface area contributed by atoms with Crippen LogP contribution in [0.25, 0.3) is 0 Å². The third-order valence-electron chi connectivity index (χ3n) is 5.02. The van der Waals surface area contributed by atoms with Gasteiger partial charge in [0.15, 0.2) is 5.82 Å². The summed E-state index contributed by atoms with van der Waals surface area (Å²) < 4.78 is 11.4. The molecule has 8 heteroatoms. The number of hydrazone groups is 1. The van der Waals surface area contributed by atoms with E-state index in [4.69, 9.17) is 9.47 Å². The van der Waals surface area contributed by atoms with Crippen LogP contribution in [0.3, 0.4) is 0 Å². The van der Waals surface area contributed by atoms with Gasteiger partial charge >= 0.3 is 6.01 Å². The molecule has 0 amide bonds. The van der Waals surface area contributed by atoms with Gasteiger partial charge in [0, 0.05) is 25.4 Å². The Morgan fingerprint density at radius 1 is 1.03 bits per heavy atom. The third kappa shape index (κ3) is 6.41. The number of ether oxygens (including phenoxy) is 2. The largest absolute Gasteiger partial charge is 0.488 e. The van der Waals surface area contributed by atoms with E-state index in [1.54, 1.807) is 18.6 Å². The molecule has 32 heavy (non-hydrogen) atoms. The Kier molecular flexibility index (Phi) is 7.46. The summed E-state index contributed by atoms with van der Waals surface area (Å²) >= 11 is 0. The molecule has 8 nitrogen and oxygen atoms in total. The molecule has 0 atom stereocenters. The Morgan fingerprint density at radius 3 is 2.72 bits per heavy atom. The van der Waals surface area contributed by atoms with Crippen LogP contribution in [0.4, 0.5) is 11.6 Å². The number of nitrogens with one attached hydrogen (secondary N) is 1. The highest BCUT2D eigenvalue weighted by molar-refractivity contribution is 5.80. The van der Waals surface area contributed by atoms with Gasteiger partial charge in [-0.25, -0.2) is 0 Å². The zero-order valence-corrected chi connectivity index (χ0v) is 18.3. The topological polar surface area (TPSA) is 84.8 Å². The zero-order chi connectivity index (χ0) is 22.0. The predicted molar refractivity (Wildman–Crippen MR) is 126 cm³/mol. The molecule has 1 aliphatic heterocycles. The molecule has 1 aromatic carbocycles. The molecule has 3 heterocycles. The van der Waals surface area contributed by atoms with Gasteiger partial charge in [-0.2, -0.15) is 15.1 Å². The van der Waals surface area contributed by atoms with Crippen LogP contribution >= 0.6 is 0 Å². The molecule has 1 fully saturated rings. The van der Waals surface area contributed by atoms with E-state index in [1.807, 2.05) is 30.3 Å². The summed E-state index contributed by atoms with van der Waals surface area (Å²) in [6, 6.07) is 14.0. The Bertz CT molecular complexity index is 1020. The normalized spacial score (nSPS) is 13.8. The number of aryl methyl sites for hydroxylation is 1. The minimum atomic E-state index is 0.302. The van der Waals surface area contributed by atoms with Crippen LogP contribution in [0.2, 0.25) is 0 Å². The van der Waals surface area contributed by atoms with Crippen LogP contribution in [-0.4, -0.2) is 47.5 Å². The van der Waals surface area contributed by atoms with Gasteiger partial charge in [0.05, 0.1) is 12.4 Å². The second kappa shape index (κ2) is 11.1. The van der Waals surface area contributed by atoms with Crippen molar-refractivity contribution in [3.8, 4) is 11.8 Å². The van der Waals surface area contributed by atoms with Gasteiger partial charge in [-0.3, -0.25) is 10.4 Å². The van der Waals surface area contributed by atoms with E-state index in [1.165, 1.54) is 12.0 Å². The number of aromatic nitrogens is 3. The monoisotopic (exact) mass is 432 g/mol. The average Bonchev–Trinajstić information content (AvgIpc) is 2.83. The van der Waals surface area contributed by atoms with Crippen molar-refractivity contribution in [2.45, 2.75) is 26.2 Å². The first kappa shape index (κ1) is 21.5.